The molecule has 1 amide bonds. The number of methoxy groups -OCH3 is 1. The van der Waals surface area contributed by atoms with E-state index in [0.717, 1.165) is 5.33 Å². The Morgan fingerprint density at radius 1 is 1.67 bits per heavy atom. The van der Waals surface area contributed by atoms with Gasteiger partial charge in [-0.05, 0) is 18.4 Å². The van der Waals surface area contributed by atoms with E-state index in [2.05, 4.69) is 15.9 Å². The highest BCUT2D eigenvalue weighted by molar-refractivity contribution is 9.09. The molecule has 0 aromatic carbocycles. The van der Waals surface area contributed by atoms with Gasteiger partial charge in [-0.25, -0.2) is 0 Å². The van der Waals surface area contributed by atoms with Crippen molar-refractivity contribution in [2.45, 2.75) is 19.1 Å². The van der Waals surface area contributed by atoms with Gasteiger partial charge in [-0.15, -0.1) is 11.3 Å². The number of carbonyl (C=O) groups is 1. The monoisotopic (exact) mass is 333 g/mol. The van der Waals surface area contributed by atoms with Crippen molar-refractivity contribution in [2.75, 3.05) is 25.5 Å². The molecule has 1 saturated heterocycles. The average Bonchev–Trinajstić information content (AvgIpc) is 2.85. The van der Waals surface area contributed by atoms with Crippen molar-refractivity contribution in [3.05, 3.63) is 16.3 Å². The van der Waals surface area contributed by atoms with Crippen LogP contribution in [0.25, 0.3) is 0 Å². The molecule has 18 heavy (non-hydrogen) atoms. The number of carbonyl (C=O) groups excluding carboxylic acids is 1. The van der Waals surface area contributed by atoms with Gasteiger partial charge in [0.05, 0.1) is 19.3 Å². The lowest BCUT2D eigenvalue weighted by molar-refractivity contribution is -0.0559. The molecular formula is C12H16BrNO3S. The second kappa shape index (κ2) is 6.04. The maximum atomic E-state index is 12.4. The highest BCUT2D eigenvalue weighted by Crippen LogP contribution is 2.27. The van der Waals surface area contributed by atoms with Crippen LogP contribution in [0.1, 0.15) is 16.6 Å². The lowest BCUT2D eigenvalue weighted by atomic mass is 10.2. The van der Waals surface area contributed by atoms with Crippen LogP contribution in [0.5, 0.6) is 5.75 Å². The molecule has 0 N–H and O–H groups in total. The minimum atomic E-state index is 0.0305. The smallest absolute Gasteiger partial charge is 0.267 e. The van der Waals surface area contributed by atoms with E-state index < -0.39 is 0 Å². The van der Waals surface area contributed by atoms with Crippen LogP contribution in [0.2, 0.25) is 0 Å². The summed E-state index contributed by atoms with van der Waals surface area (Å²) < 4.78 is 10.9. The lowest BCUT2D eigenvalue weighted by Crippen LogP contribution is -2.49. The topological polar surface area (TPSA) is 38.8 Å². The van der Waals surface area contributed by atoms with Crippen LogP contribution in [0.3, 0.4) is 0 Å². The van der Waals surface area contributed by atoms with Crippen molar-refractivity contribution in [3.8, 4) is 5.75 Å². The molecule has 0 bridgehead atoms. The predicted molar refractivity (Wildman–Crippen MR) is 74.9 cm³/mol. The number of halogens is 1. The Bertz CT molecular complexity index is 423. The Morgan fingerprint density at radius 3 is 3.11 bits per heavy atom. The summed E-state index contributed by atoms with van der Waals surface area (Å²) >= 11 is 4.82. The van der Waals surface area contributed by atoms with E-state index >= 15 is 0 Å². The molecule has 1 aliphatic heterocycles. The Morgan fingerprint density at radius 2 is 2.44 bits per heavy atom. The fraction of sp³-hybridized carbons (Fsp3) is 0.583. The SMILES string of the molecule is COc1ccsc1C(=O)N1CC(C)OC(CBr)C1. The molecule has 0 aliphatic carbocycles. The van der Waals surface area contributed by atoms with Crippen LogP contribution in [-0.4, -0.2) is 48.5 Å². The molecule has 2 heterocycles. The molecule has 2 rings (SSSR count). The number of hydrogen-bond acceptors (Lipinski definition) is 4. The molecule has 2 unspecified atom stereocenters. The van der Waals surface area contributed by atoms with Crippen LogP contribution >= 0.6 is 27.3 Å². The van der Waals surface area contributed by atoms with Crippen molar-refractivity contribution in [1.29, 1.82) is 0 Å². The van der Waals surface area contributed by atoms with Gasteiger partial charge >= 0.3 is 0 Å². The zero-order chi connectivity index (χ0) is 13.1. The van der Waals surface area contributed by atoms with Crippen molar-refractivity contribution >= 4 is 33.2 Å². The van der Waals surface area contributed by atoms with Gasteiger partial charge in [-0.3, -0.25) is 4.79 Å². The molecule has 1 aromatic heterocycles. The van der Waals surface area contributed by atoms with Crippen LogP contribution in [0.4, 0.5) is 0 Å². The fourth-order valence-corrected chi connectivity index (χ4v) is 3.24. The lowest BCUT2D eigenvalue weighted by Gasteiger charge is -2.36. The Kier molecular flexibility index (Phi) is 4.64. The number of nitrogens with zero attached hydrogens (tertiary/aromatic N) is 1. The minimum Gasteiger partial charge on any atom is -0.495 e. The molecule has 4 nitrogen and oxygen atoms in total. The van der Waals surface area contributed by atoms with Gasteiger partial charge in [0.2, 0.25) is 0 Å². The summed E-state index contributed by atoms with van der Waals surface area (Å²) in [6.07, 6.45) is 0.125. The first-order valence-electron chi connectivity index (χ1n) is 5.78. The third kappa shape index (κ3) is 2.87. The minimum absolute atomic E-state index is 0.0305. The zero-order valence-corrected chi connectivity index (χ0v) is 12.8. The van der Waals surface area contributed by atoms with Crippen LogP contribution in [0, 0.1) is 0 Å². The summed E-state index contributed by atoms with van der Waals surface area (Å²) in [6, 6.07) is 1.82. The normalized spacial score (nSPS) is 24.1. The number of amides is 1. The largest absolute Gasteiger partial charge is 0.495 e. The highest BCUT2D eigenvalue weighted by Gasteiger charge is 2.30. The van der Waals surface area contributed by atoms with Crippen LogP contribution in [0.15, 0.2) is 11.4 Å². The first-order chi connectivity index (χ1) is 8.65. The van der Waals surface area contributed by atoms with Gasteiger partial charge in [-0.1, -0.05) is 15.9 Å². The second-order valence-electron chi connectivity index (χ2n) is 4.25. The number of rotatable bonds is 3. The summed E-state index contributed by atoms with van der Waals surface area (Å²) in [5.41, 5.74) is 0. The van der Waals surface area contributed by atoms with E-state index in [0.29, 0.717) is 23.7 Å². The van der Waals surface area contributed by atoms with Gasteiger partial charge in [0.25, 0.3) is 5.91 Å². The van der Waals surface area contributed by atoms with E-state index in [-0.39, 0.29) is 18.1 Å². The third-order valence-electron chi connectivity index (χ3n) is 2.83. The first kappa shape index (κ1) is 13.8. The number of morpholine rings is 1. The molecular weight excluding hydrogens is 318 g/mol. The molecule has 100 valence electrons. The molecule has 1 aromatic rings. The van der Waals surface area contributed by atoms with Crippen molar-refractivity contribution in [2.24, 2.45) is 0 Å². The number of ether oxygens (including phenoxy) is 2. The van der Waals surface area contributed by atoms with E-state index in [1.165, 1.54) is 11.3 Å². The van der Waals surface area contributed by atoms with Crippen LogP contribution < -0.4 is 4.74 Å². The van der Waals surface area contributed by atoms with Crippen molar-refractivity contribution < 1.29 is 14.3 Å². The molecule has 0 radical (unpaired) electrons. The van der Waals surface area contributed by atoms with E-state index in [1.54, 1.807) is 7.11 Å². The van der Waals surface area contributed by atoms with Gasteiger partial charge in [-0.2, -0.15) is 0 Å². The quantitative estimate of drug-likeness (QED) is 0.797. The summed E-state index contributed by atoms with van der Waals surface area (Å²) in [6.45, 7) is 3.24. The maximum Gasteiger partial charge on any atom is 0.267 e. The molecule has 1 fully saturated rings. The standard InChI is InChI=1S/C12H16BrNO3S/c1-8-6-14(7-9(5-13)17-8)12(15)11-10(16-2)3-4-18-11/h3-4,8-9H,5-7H2,1-2H3. The van der Waals surface area contributed by atoms with Gasteiger partial charge < -0.3 is 14.4 Å². The number of thiophene rings is 1. The summed E-state index contributed by atoms with van der Waals surface area (Å²) in [4.78, 5) is 14.9. The molecule has 6 heteroatoms. The van der Waals surface area contributed by atoms with Crippen LogP contribution in [-0.2, 0) is 4.74 Å². The Hall–Kier alpha value is -0.590. The Balaban J connectivity index is 2.13. The zero-order valence-electron chi connectivity index (χ0n) is 10.4. The van der Waals surface area contributed by atoms with E-state index in [1.807, 2.05) is 23.3 Å². The van der Waals surface area contributed by atoms with E-state index in [4.69, 9.17) is 9.47 Å². The van der Waals surface area contributed by atoms with Crippen molar-refractivity contribution in [1.82, 2.24) is 4.90 Å². The highest BCUT2D eigenvalue weighted by atomic mass is 79.9. The third-order valence-corrected chi connectivity index (χ3v) is 4.43. The molecule has 1 aliphatic rings. The van der Waals surface area contributed by atoms with Gasteiger partial charge in [0.15, 0.2) is 0 Å². The number of hydrogen-bond donors (Lipinski definition) is 0. The van der Waals surface area contributed by atoms with Gasteiger partial charge in [0.1, 0.15) is 10.6 Å². The molecule has 0 spiro atoms. The predicted octanol–water partition coefficient (Wildman–Crippen LogP) is 2.38. The Labute approximate surface area is 119 Å². The first-order valence-corrected chi connectivity index (χ1v) is 7.78. The van der Waals surface area contributed by atoms with Gasteiger partial charge in [0, 0.05) is 18.4 Å². The fourth-order valence-electron chi connectivity index (χ4n) is 2.05. The molecule has 0 saturated carbocycles. The summed E-state index contributed by atoms with van der Waals surface area (Å²) in [5.74, 6) is 0.683. The summed E-state index contributed by atoms with van der Waals surface area (Å²) in [5, 5.41) is 2.61. The van der Waals surface area contributed by atoms with Crippen molar-refractivity contribution in [3.63, 3.8) is 0 Å². The average molecular weight is 334 g/mol. The number of alkyl halides is 1. The molecule has 2 atom stereocenters. The van der Waals surface area contributed by atoms with E-state index in [9.17, 15) is 4.79 Å². The second-order valence-corrected chi connectivity index (χ2v) is 5.81. The summed E-state index contributed by atoms with van der Waals surface area (Å²) in [7, 11) is 1.59. The maximum absolute atomic E-state index is 12.4.